The van der Waals surface area contributed by atoms with Crippen molar-refractivity contribution in [3.8, 4) is 0 Å². The average Bonchev–Trinajstić information content (AvgIpc) is 2.33. The molecule has 0 saturated heterocycles. The molecule has 0 radical (unpaired) electrons. The third-order valence-electron chi connectivity index (χ3n) is 1.72. The van der Waals surface area contributed by atoms with Crippen LogP contribution in [0.2, 0.25) is 0 Å². The molecule has 0 rings (SSSR count). The van der Waals surface area contributed by atoms with Crippen molar-refractivity contribution in [2.75, 3.05) is 19.8 Å². The molecule has 2 N–H and O–H groups in total. The van der Waals surface area contributed by atoms with Gasteiger partial charge < -0.3 is 20.2 Å². The van der Waals surface area contributed by atoms with Gasteiger partial charge in [0, 0.05) is 5.41 Å². The molecule has 0 aromatic rings. The van der Waals surface area contributed by atoms with E-state index in [1.807, 2.05) is 0 Å². The van der Waals surface area contributed by atoms with Crippen LogP contribution in [-0.2, 0) is 18.9 Å². The Morgan fingerprint density at radius 1 is 1.41 bits per heavy atom. The van der Waals surface area contributed by atoms with E-state index < -0.39 is 48.5 Å². The van der Waals surface area contributed by atoms with Crippen LogP contribution in [0.4, 0.5) is 8.78 Å². The molecule has 0 heterocycles. The van der Waals surface area contributed by atoms with Crippen LogP contribution in [0.5, 0.6) is 0 Å². The standard InChI is InChI=1S/C7H12F2O7S/c1-6(2-10,3-11)4-14-5(12)7(8,9)17-16-15-13/h10-11,13H,2-4H2,1H3/p-1. The SMILES string of the molecule is CC(CO)(CO)COC(=O)C(F)(F)SOO[O-]. The molecule has 0 unspecified atom stereocenters. The molecule has 0 aliphatic rings. The molecule has 0 atom stereocenters. The minimum Gasteiger partial charge on any atom is -0.691 e. The lowest BCUT2D eigenvalue weighted by Crippen LogP contribution is -2.36. The van der Waals surface area contributed by atoms with Crippen LogP contribution < -0.4 is 5.26 Å². The zero-order chi connectivity index (χ0) is 13.5. The van der Waals surface area contributed by atoms with Crippen LogP contribution in [0.15, 0.2) is 0 Å². The highest BCUT2D eigenvalue weighted by atomic mass is 32.2. The van der Waals surface area contributed by atoms with Crippen molar-refractivity contribution in [3.63, 3.8) is 0 Å². The highest BCUT2D eigenvalue weighted by Gasteiger charge is 2.44. The predicted octanol–water partition coefficient (Wildman–Crippen LogP) is -1.02. The number of hydrogen-bond donors (Lipinski definition) is 2. The lowest BCUT2D eigenvalue weighted by molar-refractivity contribution is -0.777. The summed E-state index contributed by atoms with van der Waals surface area (Å²) >= 11 is -0.815. The molecule has 0 amide bonds. The number of aliphatic hydroxyl groups is 2. The van der Waals surface area contributed by atoms with Crippen molar-refractivity contribution in [1.29, 1.82) is 0 Å². The van der Waals surface area contributed by atoms with E-state index in [0.717, 1.165) is 0 Å². The van der Waals surface area contributed by atoms with Gasteiger partial charge in [0.15, 0.2) is 0 Å². The highest BCUT2D eigenvalue weighted by Crippen LogP contribution is 2.31. The average molecular weight is 277 g/mol. The van der Waals surface area contributed by atoms with Crippen LogP contribution >= 0.6 is 12.0 Å². The summed E-state index contributed by atoms with van der Waals surface area (Å²) in [5, 5.41) is 25.5. The summed E-state index contributed by atoms with van der Waals surface area (Å²) in [6.45, 7) is -0.415. The molecule has 102 valence electrons. The second-order valence-electron chi connectivity index (χ2n) is 3.44. The molecule has 10 heteroatoms. The van der Waals surface area contributed by atoms with Crippen LogP contribution in [0, 0.1) is 5.41 Å². The number of aliphatic hydroxyl groups excluding tert-OH is 2. The normalized spacial score (nSPS) is 12.6. The van der Waals surface area contributed by atoms with E-state index in [1.54, 1.807) is 0 Å². The van der Waals surface area contributed by atoms with Crippen molar-refractivity contribution < 1.29 is 43.2 Å². The summed E-state index contributed by atoms with van der Waals surface area (Å²) < 4.78 is 33.1. The molecule has 7 nitrogen and oxygen atoms in total. The molecule has 0 fully saturated rings. The fraction of sp³-hybridized carbons (Fsp3) is 0.857. The topological polar surface area (TPSA) is 108 Å². The molecule has 0 aliphatic carbocycles. The summed E-state index contributed by atoms with van der Waals surface area (Å²) in [6, 6.07) is 0. The maximum atomic E-state index is 12.8. The zero-order valence-electron chi connectivity index (χ0n) is 8.72. The molecule has 17 heavy (non-hydrogen) atoms. The first-order valence-corrected chi connectivity index (χ1v) is 4.96. The van der Waals surface area contributed by atoms with Crippen molar-refractivity contribution in [2.24, 2.45) is 5.41 Å². The van der Waals surface area contributed by atoms with E-state index in [9.17, 15) is 18.8 Å². The fourth-order valence-electron chi connectivity index (χ4n) is 0.556. The van der Waals surface area contributed by atoms with Gasteiger partial charge in [0.05, 0.1) is 13.2 Å². The number of esters is 1. The van der Waals surface area contributed by atoms with Crippen molar-refractivity contribution in [2.45, 2.75) is 12.2 Å². The quantitative estimate of drug-likeness (QED) is 0.251. The van der Waals surface area contributed by atoms with Crippen molar-refractivity contribution >= 4 is 18.0 Å². The minimum absolute atomic E-state index is 0.560. The Balaban J connectivity index is 4.25. The largest absolute Gasteiger partial charge is 0.691 e. The fourth-order valence-corrected chi connectivity index (χ4v) is 0.796. The van der Waals surface area contributed by atoms with E-state index >= 15 is 0 Å². The second kappa shape index (κ2) is 7.03. The van der Waals surface area contributed by atoms with Crippen molar-refractivity contribution in [3.05, 3.63) is 0 Å². The number of carbonyl (C=O) groups is 1. The number of carbonyl (C=O) groups excluding carboxylic acids is 1. The van der Waals surface area contributed by atoms with Gasteiger partial charge in [-0.2, -0.15) is 13.1 Å². The third-order valence-corrected chi connectivity index (χ3v) is 2.22. The third kappa shape index (κ3) is 5.57. The second-order valence-corrected chi connectivity index (χ2v) is 4.25. The van der Waals surface area contributed by atoms with E-state index in [4.69, 9.17) is 10.2 Å². The Hall–Kier alpha value is -0.520. The van der Waals surface area contributed by atoms with Gasteiger partial charge in [-0.25, -0.2) is 4.79 Å². The van der Waals surface area contributed by atoms with Gasteiger partial charge in [-0.3, -0.25) is 5.04 Å². The van der Waals surface area contributed by atoms with Gasteiger partial charge in [0.2, 0.25) is 0 Å². The number of hydrogen-bond acceptors (Lipinski definition) is 8. The van der Waals surface area contributed by atoms with Crippen LogP contribution in [0.25, 0.3) is 0 Å². The monoisotopic (exact) mass is 277 g/mol. The van der Waals surface area contributed by atoms with Crippen molar-refractivity contribution in [1.82, 2.24) is 0 Å². The summed E-state index contributed by atoms with van der Waals surface area (Å²) in [5.74, 6) is -1.98. The molecule has 0 saturated carbocycles. The van der Waals surface area contributed by atoms with Gasteiger partial charge in [-0.15, -0.1) is 0 Å². The summed E-state index contributed by atoms with van der Waals surface area (Å²) in [4.78, 5) is 10.9. The number of ether oxygens (including phenoxy) is 1. The first-order valence-electron chi connectivity index (χ1n) is 4.22. The molecule has 0 aromatic heterocycles. The smallest absolute Gasteiger partial charge is 0.415 e. The van der Waals surface area contributed by atoms with E-state index in [0.29, 0.717) is 0 Å². The Labute approximate surface area is 99.3 Å². The van der Waals surface area contributed by atoms with Crippen LogP contribution in [0.1, 0.15) is 6.92 Å². The summed E-state index contributed by atoms with van der Waals surface area (Å²) in [5.41, 5.74) is -1.23. The molecular formula is C7H11F2O7S-. The summed E-state index contributed by atoms with van der Waals surface area (Å²) in [7, 11) is 0. The van der Waals surface area contributed by atoms with Gasteiger partial charge in [0.25, 0.3) is 0 Å². The van der Waals surface area contributed by atoms with Gasteiger partial charge in [-0.05, 0) is 0 Å². The zero-order valence-corrected chi connectivity index (χ0v) is 9.54. The highest BCUT2D eigenvalue weighted by molar-refractivity contribution is 7.96. The number of rotatable bonds is 8. The maximum Gasteiger partial charge on any atom is 0.415 e. The lowest BCUT2D eigenvalue weighted by atomic mass is 9.95. The molecule has 0 aromatic carbocycles. The van der Waals surface area contributed by atoms with E-state index in [-0.39, 0.29) is 0 Å². The van der Waals surface area contributed by atoms with Crippen LogP contribution in [0.3, 0.4) is 0 Å². The Morgan fingerprint density at radius 2 is 1.94 bits per heavy atom. The van der Waals surface area contributed by atoms with Gasteiger partial charge >= 0.3 is 11.2 Å². The predicted molar refractivity (Wildman–Crippen MR) is 47.9 cm³/mol. The van der Waals surface area contributed by atoms with E-state index in [1.165, 1.54) is 6.92 Å². The first kappa shape index (κ1) is 16.5. The molecular weight excluding hydrogens is 266 g/mol. The molecule has 0 spiro atoms. The lowest BCUT2D eigenvalue weighted by Gasteiger charge is -2.24. The number of alkyl halides is 2. The Kier molecular flexibility index (Phi) is 6.82. The van der Waals surface area contributed by atoms with Gasteiger partial charge in [0.1, 0.15) is 18.6 Å². The van der Waals surface area contributed by atoms with Gasteiger partial charge in [-0.1, -0.05) is 6.92 Å². The molecule has 0 aliphatic heterocycles. The van der Waals surface area contributed by atoms with Crippen LogP contribution in [-0.4, -0.2) is 41.3 Å². The molecule has 0 bridgehead atoms. The Morgan fingerprint density at radius 3 is 2.35 bits per heavy atom. The minimum atomic E-state index is -4.13. The number of halogens is 2. The first-order chi connectivity index (χ1) is 7.81. The Bertz CT molecular complexity index is 246. The summed E-state index contributed by atoms with van der Waals surface area (Å²) in [6.07, 6.45) is 0. The van der Waals surface area contributed by atoms with E-state index in [2.05, 4.69) is 14.1 Å². The maximum absolute atomic E-state index is 12.8.